The SMILES string of the molecule is O=C(c1ccc(NCCCCCCCCC2CCCCC2)cc1)N1CCCCC1. The Morgan fingerprint density at radius 3 is 2.14 bits per heavy atom. The van der Waals surface area contributed by atoms with E-state index in [2.05, 4.69) is 17.4 Å². The Labute approximate surface area is 178 Å². The zero-order chi connectivity index (χ0) is 20.2. The molecule has 0 spiro atoms. The van der Waals surface area contributed by atoms with Gasteiger partial charge in [-0.2, -0.15) is 0 Å². The maximum Gasteiger partial charge on any atom is 0.253 e. The summed E-state index contributed by atoms with van der Waals surface area (Å²) in [7, 11) is 0. The van der Waals surface area contributed by atoms with Crippen molar-refractivity contribution in [3.8, 4) is 0 Å². The van der Waals surface area contributed by atoms with E-state index >= 15 is 0 Å². The van der Waals surface area contributed by atoms with Gasteiger partial charge in [0.2, 0.25) is 0 Å². The van der Waals surface area contributed by atoms with Gasteiger partial charge in [-0.1, -0.05) is 70.6 Å². The molecule has 3 rings (SSSR count). The van der Waals surface area contributed by atoms with Crippen molar-refractivity contribution in [1.29, 1.82) is 0 Å². The fraction of sp³-hybridized carbons (Fsp3) is 0.731. The number of likely N-dealkylation sites (tertiary alicyclic amines) is 1. The van der Waals surface area contributed by atoms with E-state index in [-0.39, 0.29) is 5.91 Å². The molecule has 0 unspecified atom stereocenters. The first kappa shape index (κ1) is 22.2. The van der Waals surface area contributed by atoms with E-state index in [1.54, 1.807) is 0 Å². The molecule has 0 aromatic heterocycles. The van der Waals surface area contributed by atoms with E-state index in [0.29, 0.717) is 0 Å². The maximum absolute atomic E-state index is 12.5. The molecule has 29 heavy (non-hydrogen) atoms. The predicted octanol–water partition coefficient (Wildman–Crippen LogP) is 7.04. The molecule has 2 fully saturated rings. The van der Waals surface area contributed by atoms with Crippen molar-refractivity contribution in [3.63, 3.8) is 0 Å². The van der Waals surface area contributed by atoms with Crippen molar-refractivity contribution in [2.75, 3.05) is 25.0 Å². The maximum atomic E-state index is 12.5. The van der Waals surface area contributed by atoms with Gasteiger partial charge in [-0.15, -0.1) is 0 Å². The van der Waals surface area contributed by atoms with Crippen molar-refractivity contribution < 1.29 is 4.79 Å². The highest BCUT2D eigenvalue weighted by atomic mass is 16.2. The van der Waals surface area contributed by atoms with Gasteiger partial charge in [-0.05, 0) is 55.9 Å². The fourth-order valence-corrected chi connectivity index (χ4v) is 4.98. The quantitative estimate of drug-likeness (QED) is 0.406. The Hall–Kier alpha value is -1.51. The fourth-order valence-electron chi connectivity index (χ4n) is 4.98. The van der Waals surface area contributed by atoms with Gasteiger partial charge in [0, 0.05) is 30.9 Å². The number of piperidine rings is 1. The summed E-state index contributed by atoms with van der Waals surface area (Å²) in [6.45, 7) is 2.86. The van der Waals surface area contributed by atoms with Crippen LogP contribution in [0.1, 0.15) is 107 Å². The zero-order valence-corrected chi connectivity index (χ0v) is 18.5. The van der Waals surface area contributed by atoms with E-state index in [1.165, 1.54) is 83.5 Å². The number of hydrogen-bond donors (Lipinski definition) is 1. The molecule has 3 heteroatoms. The second kappa shape index (κ2) is 12.9. The van der Waals surface area contributed by atoms with Gasteiger partial charge in [0.1, 0.15) is 0 Å². The highest BCUT2D eigenvalue weighted by molar-refractivity contribution is 5.94. The molecule has 1 aliphatic heterocycles. The second-order valence-corrected chi connectivity index (χ2v) is 9.27. The molecule has 1 aromatic rings. The van der Waals surface area contributed by atoms with Gasteiger partial charge in [0.15, 0.2) is 0 Å². The van der Waals surface area contributed by atoms with Gasteiger partial charge < -0.3 is 10.2 Å². The Bertz CT molecular complexity index is 571. The largest absolute Gasteiger partial charge is 0.385 e. The Morgan fingerprint density at radius 2 is 1.41 bits per heavy atom. The number of carbonyl (C=O) groups excluding carboxylic acids is 1. The van der Waals surface area contributed by atoms with E-state index in [1.807, 2.05) is 17.0 Å². The summed E-state index contributed by atoms with van der Waals surface area (Å²) in [5.41, 5.74) is 1.96. The molecule has 2 aliphatic rings. The number of anilines is 1. The summed E-state index contributed by atoms with van der Waals surface area (Å²) in [5.74, 6) is 1.24. The highest BCUT2D eigenvalue weighted by Gasteiger charge is 2.17. The second-order valence-electron chi connectivity index (χ2n) is 9.27. The van der Waals surface area contributed by atoms with E-state index in [0.717, 1.165) is 49.6 Å². The van der Waals surface area contributed by atoms with Crippen LogP contribution in [0.3, 0.4) is 0 Å². The van der Waals surface area contributed by atoms with Crippen molar-refractivity contribution in [2.45, 2.75) is 96.3 Å². The van der Waals surface area contributed by atoms with Gasteiger partial charge in [0.05, 0.1) is 0 Å². The first-order chi connectivity index (χ1) is 14.3. The summed E-state index contributed by atoms with van der Waals surface area (Å²) < 4.78 is 0. The van der Waals surface area contributed by atoms with Crippen LogP contribution in [-0.2, 0) is 0 Å². The van der Waals surface area contributed by atoms with E-state index in [9.17, 15) is 4.79 Å². The zero-order valence-electron chi connectivity index (χ0n) is 18.5. The third-order valence-corrected chi connectivity index (χ3v) is 6.87. The molecule has 1 aliphatic carbocycles. The molecule has 3 nitrogen and oxygen atoms in total. The third kappa shape index (κ3) is 8.03. The van der Waals surface area contributed by atoms with E-state index in [4.69, 9.17) is 0 Å². The molecule has 0 atom stereocenters. The lowest BCUT2D eigenvalue weighted by Crippen LogP contribution is -2.35. The number of hydrogen-bond acceptors (Lipinski definition) is 2. The number of nitrogens with one attached hydrogen (secondary N) is 1. The van der Waals surface area contributed by atoms with Gasteiger partial charge in [0.25, 0.3) is 5.91 Å². The molecule has 162 valence electrons. The van der Waals surface area contributed by atoms with Crippen LogP contribution in [0.5, 0.6) is 0 Å². The number of nitrogens with zero attached hydrogens (tertiary/aromatic N) is 1. The average Bonchev–Trinajstić information content (AvgIpc) is 2.79. The van der Waals surface area contributed by atoms with Crippen molar-refractivity contribution in [3.05, 3.63) is 29.8 Å². The molecule has 1 N–H and O–H groups in total. The molecular formula is C26H42N2O. The van der Waals surface area contributed by atoms with Crippen LogP contribution >= 0.6 is 0 Å². The Morgan fingerprint density at radius 1 is 0.793 bits per heavy atom. The molecule has 0 bridgehead atoms. The van der Waals surface area contributed by atoms with Crippen LogP contribution in [0.4, 0.5) is 5.69 Å². The normalized spacial score (nSPS) is 18.0. The standard InChI is InChI=1S/C26H42N2O/c29-26(28-21-11-6-12-22-28)24-16-18-25(19-17-24)27-20-10-4-2-1-3-7-13-23-14-8-5-9-15-23/h16-19,23,27H,1-15,20-22H2. The molecule has 1 saturated carbocycles. The van der Waals surface area contributed by atoms with Crippen LogP contribution in [0.25, 0.3) is 0 Å². The van der Waals surface area contributed by atoms with Crippen LogP contribution < -0.4 is 5.32 Å². The number of amides is 1. The van der Waals surface area contributed by atoms with Crippen molar-refractivity contribution in [2.24, 2.45) is 5.92 Å². The molecule has 1 heterocycles. The summed E-state index contributed by atoms with van der Waals surface area (Å²) in [6, 6.07) is 8.07. The number of unbranched alkanes of at least 4 members (excludes halogenated alkanes) is 5. The lowest BCUT2D eigenvalue weighted by Gasteiger charge is -2.26. The van der Waals surface area contributed by atoms with Crippen LogP contribution in [-0.4, -0.2) is 30.4 Å². The topological polar surface area (TPSA) is 32.3 Å². The first-order valence-corrected chi connectivity index (χ1v) is 12.5. The average molecular weight is 399 g/mol. The molecule has 1 saturated heterocycles. The minimum atomic E-state index is 0.194. The van der Waals surface area contributed by atoms with Gasteiger partial charge in [-0.25, -0.2) is 0 Å². The van der Waals surface area contributed by atoms with Gasteiger partial charge >= 0.3 is 0 Å². The van der Waals surface area contributed by atoms with Crippen LogP contribution in [0.15, 0.2) is 24.3 Å². The molecular weight excluding hydrogens is 356 g/mol. The number of carbonyl (C=O) groups is 1. The summed E-state index contributed by atoms with van der Waals surface area (Å²) in [6.07, 6.45) is 20.7. The molecule has 1 amide bonds. The lowest BCUT2D eigenvalue weighted by atomic mass is 9.85. The summed E-state index contributed by atoms with van der Waals surface area (Å²) >= 11 is 0. The Balaban J connectivity index is 1.20. The van der Waals surface area contributed by atoms with E-state index < -0.39 is 0 Å². The van der Waals surface area contributed by atoms with Crippen LogP contribution in [0, 0.1) is 5.92 Å². The Kier molecular flexibility index (Phi) is 9.89. The van der Waals surface area contributed by atoms with Crippen LogP contribution in [0.2, 0.25) is 0 Å². The summed E-state index contributed by atoms with van der Waals surface area (Å²) in [5, 5.41) is 3.51. The predicted molar refractivity (Wildman–Crippen MR) is 124 cm³/mol. The highest BCUT2D eigenvalue weighted by Crippen LogP contribution is 2.28. The lowest BCUT2D eigenvalue weighted by molar-refractivity contribution is 0.0724. The third-order valence-electron chi connectivity index (χ3n) is 6.87. The minimum Gasteiger partial charge on any atom is -0.385 e. The molecule has 1 aromatic carbocycles. The van der Waals surface area contributed by atoms with Gasteiger partial charge in [-0.3, -0.25) is 4.79 Å². The number of benzene rings is 1. The first-order valence-electron chi connectivity index (χ1n) is 12.5. The van der Waals surface area contributed by atoms with Crippen molar-refractivity contribution in [1.82, 2.24) is 4.90 Å². The van der Waals surface area contributed by atoms with Crippen molar-refractivity contribution >= 4 is 11.6 Å². The molecule has 0 radical (unpaired) electrons. The smallest absolute Gasteiger partial charge is 0.253 e. The monoisotopic (exact) mass is 398 g/mol. The number of rotatable bonds is 11. The summed E-state index contributed by atoms with van der Waals surface area (Å²) in [4.78, 5) is 14.5. The minimum absolute atomic E-state index is 0.194.